The Morgan fingerprint density at radius 3 is 2.71 bits per heavy atom. The van der Waals surface area contributed by atoms with Crippen LogP contribution in [-0.2, 0) is 6.42 Å². The van der Waals surface area contributed by atoms with Crippen molar-refractivity contribution in [3.8, 4) is 5.82 Å². The lowest BCUT2D eigenvalue weighted by Crippen LogP contribution is -2.22. The van der Waals surface area contributed by atoms with E-state index in [9.17, 15) is 14.9 Å². The summed E-state index contributed by atoms with van der Waals surface area (Å²) in [5.74, 6) is 1.12. The first kappa shape index (κ1) is 22.6. The molecule has 0 fully saturated rings. The predicted octanol–water partition coefficient (Wildman–Crippen LogP) is 5.24. The summed E-state index contributed by atoms with van der Waals surface area (Å²) in [7, 11) is 0. The van der Waals surface area contributed by atoms with Gasteiger partial charge in [0, 0.05) is 34.1 Å². The highest BCUT2D eigenvalue weighted by Crippen LogP contribution is 2.24. The zero-order chi connectivity index (χ0) is 24.5. The van der Waals surface area contributed by atoms with E-state index in [4.69, 9.17) is 0 Å². The van der Waals surface area contributed by atoms with Crippen LogP contribution in [0.1, 0.15) is 24.7 Å². The normalized spacial score (nSPS) is 11.6. The number of fused-ring (bicyclic) bond motifs is 2. The van der Waals surface area contributed by atoms with Gasteiger partial charge in [-0.2, -0.15) is 9.78 Å². The standard InChI is InChI=1S/C25H19BrN6O3/c1-2-5-24-29-21-10-8-17(26)12-20(21)25(33)31(24)28-13-16-15-30(22-7-4-3-6-19(16)22)23-11-9-18(14-27-23)32(34)35/h3-4,6-15H,2,5H2,1H3. The first-order chi connectivity index (χ1) is 17.0. The predicted molar refractivity (Wildman–Crippen MR) is 138 cm³/mol. The third kappa shape index (κ3) is 4.24. The Labute approximate surface area is 207 Å². The van der Waals surface area contributed by atoms with E-state index >= 15 is 0 Å². The van der Waals surface area contributed by atoms with Crippen molar-refractivity contribution in [1.82, 2.24) is 19.2 Å². The van der Waals surface area contributed by atoms with Crippen LogP contribution < -0.4 is 5.56 Å². The maximum absolute atomic E-state index is 13.3. The van der Waals surface area contributed by atoms with Crippen molar-refractivity contribution in [2.75, 3.05) is 0 Å². The van der Waals surface area contributed by atoms with E-state index in [1.165, 1.54) is 16.9 Å². The largest absolute Gasteiger partial charge is 0.301 e. The number of halogens is 1. The molecular formula is C25H19BrN6O3. The quantitative estimate of drug-likeness (QED) is 0.169. The van der Waals surface area contributed by atoms with E-state index < -0.39 is 4.92 Å². The monoisotopic (exact) mass is 530 g/mol. The lowest BCUT2D eigenvalue weighted by atomic mass is 10.2. The number of nitrogens with zero attached hydrogens (tertiary/aromatic N) is 6. The average molecular weight is 531 g/mol. The van der Waals surface area contributed by atoms with E-state index in [0.29, 0.717) is 29.0 Å². The van der Waals surface area contributed by atoms with Gasteiger partial charge in [-0.1, -0.05) is 41.1 Å². The molecule has 174 valence electrons. The SMILES string of the molecule is CCCc1nc2ccc(Br)cc2c(=O)n1N=Cc1cn(-c2ccc([N+](=O)[O-])cn2)c2ccccc12. The Balaban J connectivity index is 1.63. The number of para-hydroxylation sites is 1. The lowest BCUT2D eigenvalue weighted by molar-refractivity contribution is -0.385. The molecule has 2 aromatic carbocycles. The van der Waals surface area contributed by atoms with Gasteiger partial charge in [-0.15, -0.1) is 0 Å². The molecule has 0 saturated heterocycles. The number of aryl methyl sites for hydroxylation is 1. The van der Waals surface area contributed by atoms with Gasteiger partial charge in [0.05, 0.1) is 27.6 Å². The smallest absolute Gasteiger partial charge is 0.287 e. The van der Waals surface area contributed by atoms with E-state index in [2.05, 4.69) is 31.0 Å². The molecule has 0 radical (unpaired) electrons. The molecule has 5 rings (SSSR count). The highest BCUT2D eigenvalue weighted by Gasteiger charge is 2.13. The molecule has 3 aromatic heterocycles. The minimum atomic E-state index is -0.482. The molecule has 0 bridgehead atoms. The summed E-state index contributed by atoms with van der Waals surface area (Å²) in [5.41, 5.74) is 1.94. The second kappa shape index (κ2) is 9.22. The maximum atomic E-state index is 13.3. The van der Waals surface area contributed by atoms with E-state index in [1.54, 1.807) is 18.3 Å². The second-order valence-corrected chi connectivity index (χ2v) is 8.82. The van der Waals surface area contributed by atoms with Crippen LogP contribution in [-0.4, -0.2) is 30.3 Å². The number of pyridine rings is 1. The molecule has 0 atom stereocenters. The van der Waals surface area contributed by atoms with Gasteiger partial charge in [-0.05, 0) is 36.8 Å². The zero-order valence-corrected chi connectivity index (χ0v) is 20.2. The molecule has 0 spiro atoms. The molecule has 0 saturated carbocycles. The molecule has 9 nitrogen and oxygen atoms in total. The first-order valence-electron chi connectivity index (χ1n) is 10.9. The fraction of sp³-hybridized carbons (Fsp3) is 0.120. The number of hydrogen-bond donors (Lipinski definition) is 0. The fourth-order valence-electron chi connectivity index (χ4n) is 3.95. The molecule has 0 aliphatic heterocycles. The Bertz CT molecular complexity index is 1670. The molecule has 5 aromatic rings. The van der Waals surface area contributed by atoms with Gasteiger partial charge in [0.15, 0.2) is 0 Å². The summed E-state index contributed by atoms with van der Waals surface area (Å²) in [5, 5.41) is 16.9. The van der Waals surface area contributed by atoms with Crippen LogP contribution in [0.3, 0.4) is 0 Å². The Morgan fingerprint density at radius 2 is 1.97 bits per heavy atom. The molecule has 35 heavy (non-hydrogen) atoms. The van der Waals surface area contributed by atoms with Gasteiger partial charge in [-0.25, -0.2) is 9.97 Å². The highest BCUT2D eigenvalue weighted by molar-refractivity contribution is 9.10. The minimum Gasteiger partial charge on any atom is -0.301 e. The van der Waals surface area contributed by atoms with Crippen molar-refractivity contribution in [2.24, 2.45) is 5.10 Å². The average Bonchev–Trinajstić information content (AvgIpc) is 3.23. The van der Waals surface area contributed by atoms with Gasteiger partial charge in [-0.3, -0.25) is 14.9 Å². The van der Waals surface area contributed by atoms with E-state index in [1.807, 2.05) is 54.1 Å². The summed E-state index contributed by atoms with van der Waals surface area (Å²) < 4.78 is 3.99. The molecule has 0 unspecified atom stereocenters. The molecule has 0 amide bonds. The Morgan fingerprint density at radius 1 is 1.14 bits per heavy atom. The van der Waals surface area contributed by atoms with Gasteiger partial charge < -0.3 is 4.57 Å². The van der Waals surface area contributed by atoms with Crippen LogP contribution >= 0.6 is 15.9 Å². The zero-order valence-electron chi connectivity index (χ0n) is 18.6. The topological polar surface area (TPSA) is 108 Å². The van der Waals surface area contributed by atoms with Gasteiger partial charge in [0.25, 0.3) is 11.2 Å². The molecule has 3 heterocycles. The van der Waals surface area contributed by atoms with Crippen molar-refractivity contribution >= 4 is 49.6 Å². The number of nitro groups is 1. The van der Waals surface area contributed by atoms with Crippen molar-refractivity contribution in [3.63, 3.8) is 0 Å². The van der Waals surface area contributed by atoms with Crippen LogP contribution in [0, 0.1) is 10.1 Å². The summed E-state index contributed by atoms with van der Waals surface area (Å²) in [6, 6.07) is 16.1. The van der Waals surface area contributed by atoms with Crippen LogP contribution in [0.15, 0.2) is 81.4 Å². The Kier molecular flexibility index (Phi) is 5.96. The van der Waals surface area contributed by atoms with E-state index in [0.717, 1.165) is 27.4 Å². The number of hydrogen-bond acceptors (Lipinski definition) is 6. The second-order valence-electron chi connectivity index (χ2n) is 7.90. The third-order valence-corrected chi connectivity index (χ3v) is 6.09. The van der Waals surface area contributed by atoms with Crippen molar-refractivity contribution in [3.05, 3.63) is 103 Å². The van der Waals surface area contributed by atoms with Crippen molar-refractivity contribution in [1.29, 1.82) is 0 Å². The summed E-state index contributed by atoms with van der Waals surface area (Å²) >= 11 is 3.42. The van der Waals surface area contributed by atoms with Gasteiger partial charge in [0.1, 0.15) is 17.8 Å². The number of aromatic nitrogens is 4. The van der Waals surface area contributed by atoms with Crippen LogP contribution in [0.4, 0.5) is 5.69 Å². The molecular weight excluding hydrogens is 512 g/mol. The molecule has 10 heteroatoms. The first-order valence-corrected chi connectivity index (χ1v) is 11.7. The van der Waals surface area contributed by atoms with Crippen molar-refractivity contribution < 1.29 is 4.92 Å². The third-order valence-electron chi connectivity index (χ3n) is 5.59. The minimum absolute atomic E-state index is 0.0785. The van der Waals surface area contributed by atoms with Crippen LogP contribution in [0.25, 0.3) is 27.6 Å². The summed E-state index contributed by atoms with van der Waals surface area (Å²) in [4.78, 5) is 32.7. The van der Waals surface area contributed by atoms with Crippen LogP contribution in [0.5, 0.6) is 0 Å². The maximum Gasteiger partial charge on any atom is 0.287 e. The number of rotatable bonds is 6. The van der Waals surface area contributed by atoms with E-state index in [-0.39, 0.29) is 11.2 Å². The van der Waals surface area contributed by atoms with Gasteiger partial charge in [0.2, 0.25) is 0 Å². The molecule has 0 aliphatic rings. The summed E-state index contributed by atoms with van der Waals surface area (Å²) in [6.45, 7) is 2.02. The fourth-order valence-corrected chi connectivity index (χ4v) is 4.31. The van der Waals surface area contributed by atoms with Crippen molar-refractivity contribution in [2.45, 2.75) is 19.8 Å². The lowest BCUT2D eigenvalue weighted by Gasteiger charge is -2.08. The molecule has 0 N–H and O–H groups in total. The highest BCUT2D eigenvalue weighted by atomic mass is 79.9. The van der Waals surface area contributed by atoms with Crippen LogP contribution in [0.2, 0.25) is 0 Å². The Hall–Kier alpha value is -4.18. The molecule has 0 aliphatic carbocycles. The van der Waals surface area contributed by atoms with Gasteiger partial charge >= 0.3 is 0 Å². The summed E-state index contributed by atoms with van der Waals surface area (Å²) in [6.07, 6.45) is 6.13. The number of benzene rings is 2.